The van der Waals surface area contributed by atoms with Gasteiger partial charge in [-0.2, -0.15) is 0 Å². The fraction of sp³-hybridized carbons (Fsp3) is 0.261. The standard InChI is InChI=1S/C23H21BrN6O2/c24-18-11-5-4-10-17(18)23(32)29-12-6-9-16(14-29)20-25-21-19(22(31)26-20)27-28-30(21)13-15-7-2-1-3-8-15/h1-5,7-8,10-11,16H,6,9,12-14H2,(H,25,26,31)/t16-/m1/s1. The number of carbonyl (C=O) groups excluding carboxylic acids is 1. The summed E-state index contributed by atoms with van der Waals surface area (Å²) < 4.78 is 2.42. The van der Waals surface area contributed by atoms with Crippen molar-refractivity contribution in [2.75, 3.05) is 13.1 Å². The number of aromatic amines is 1. The first-order valence-corrected chi connectivity index (χ1v) is 11.3. The molecule has 1 atom stereocenters. The van der Waals surface area contributed by atoms with Gasteiger partial charge in [-0.05, 0) is 46.5 Å². The molecule has 3 heterocycles. The van der Waals surface area contributed by atoms with Crippen molar-refractivity contribution in [3.05, 3.63) is 86.4 Å². The zero-order chi connectivity index (χ0) is 22.1. The van der Waals surface area contributed by atoms with Gasteiger partial charge in [-0.25, -0.2) is 9.67 Å². The predicted molar refractivity (Wildman–Crippen MR) is 124 cm³/mol. The highest BCUT2D eigenvalue weighted by atomic mass is 79.9. The van der Waals surface area contributed by atoms with Gasteiger partial charge in [0.1, 0.15) is 5.82 Å². The van der Waals surface area contributed by atoms with Crippen molar-refractivity contribution in [2.45, 2.75) is 25.3 Å². The Labute approximate surface area is 192 Å². The van der Waals surface area contributed by atoms with Gasteiger partial charge in [-0.15, -0.1) is 5.10 Å². The summed E-state index contributed by atoms with van der Waals surface area (Å²) in [6.07, 6.45) is 1.68. The van der Waals surface area contributed by atoms with Gasteiger partial charge in [0, 0.05) is 23.5 Å². The molecule has 1 saturated heterocycles. The highest BCUT2D eigenvalue weighted by Crippen LogP contribution is 2.27. The van der Waals surface area contributed by atoms with Crippen molar-refractivity contribution in [3.63, 3.8) is 0 Å². The molecule has 0 saturated carbocycles. The first-order valence-electron chi connectivity index (χ1n) is 10.5. The third kappa shape index (κ3) is 3.95. The van der Waals surface area contributed by atoms with E-state index in [4.69, 9.17) is 4.98 Å². The molecule has 1 amide bonds. The Kier molecular flexibility index (Phi) is 5.57. The lowest BCUT2D eigenvalue weighted by Crippen LogP contribution is -2.40. The molecule has 0 aliphatic carbocycles. The summed E-state index contributed by atoms with van der Waals surface area (Å²) in [6.45, 7) is 1.65. The Hall–Kier alpha value is -3.33. The van der Waals surface area contributed by atoms with Gasteiger partial charge in [0.15, 0.2) is 11.2 Å². The number of benzene rings is 2. The molecule has 5 rings (SSSR count). The zero-order valence-electron chi connectivity index (χ0n) is 17.2. The zero-order valence-corrected chi connectivity index (χ0v) is 18.8. The summed E-state index contributed by atoms with van der Waals surface area (Å²) in [5.41, 5.74) is 2.06. The molecule has 1 aliphatic heterocycles. The minimum Gasteiger partial charge on any atom is -0.338 e. The van der Waals surface area contributed by atoms with E-state index in [9.17, 15) is 9.59 Å². The van der Waals surface area contributed by atoms with Crippen LogP contribution in [0.1, 0.15) is 40.5 Å². The number of aromatic nitrogens is 5. The second kappa shape index (κ2) is 8.66. The van der Waals surface area contributed by atoms with Crippen LogP contribution in [0, 0.1) is 0 Å². The molecule has 0 unspecified atom stereocenters. The molecule has 2 aromatic heterocycles. The second-order valence-electron chi connectivity index (χ2n) is 7.93. The molecule has 4 aromatic rings. The average molecular weight is 493 g/mol. The molecule has 162 valence electrons. The lowest BCUT2D eigenvalue weighted by molar-refractivity contribution is 0.0703. The van der Waals surface area contributed by atoms with E-state index in [2.05, 4.69) is 31.2 Å². The number of amides is 1. The van der Waals surface area contributed by atoms with Gasteiger partial charge < -0.3 is 9.88 Å². The summed E-state index contributed by atoms with van der Waals surface area (Å²) in [4.78, 5) is 35.2. The lowest BCUT2D eigenvalue weighted by atomic mass is 9.96. The van der Waals surface area contributed by atoms with E-state index in [1.165, 1.54) is 0 Å². The van der Waals surface area contributed by atoms with Crippen LogP contribution in [0.4, 0.5) is 0 Å². The van der Waals surface area contributed by atoms with Crippen LogP contribution in [0.5, 0.6) is 0 Å². The van der Waals surface area contributed by atoms with Crippen LogP contribution in [-0.4, -0.2) is 48.9 Å². The number of hydrogen-bond donors (Lipinski definition) is 1. The second-order valence-corrected chi connectivity index (χ2v) is 8.78. The van der Waals surface area contributed by atoms with Crippen molar-refractivity contribution >= 4 is 33.0 Å². The van der Waals surface area contributed by atoms with Crippen LogP contribution in [0.15, 0.2) is 63.9 Å². The number of rotatable bonds is 4. The van der Waals surface area contributed by atoms with Crippen molar-refractivity contribution in [1.29, 1.82) is 0 Å². The Balaban J connectivity index is 1.44. The lowest BCUT2D eigenvalue weighted by Gasteiger charge is -2.32. The first kappa shape index (κ1) is 20.6. The van der Waals surface area contributed by atoms with Crippen LogP contribution in [-0.2, 0) is 6.54 Å². The summed E-state index contributed by atoms with van der Waals surface area (Å²) in [5, 5.41) is 8.17. The van der Waals surface area contributed by atoms with Crippen molar-refractivity contribution in [1.82, 2.24) is 29.9 Å². The Bertz CT molecular complexity index is 1330. The topological polar surface area (TPSA) is 96.8 Å². The number of halogens is 1. The molecule has 1 N–H and O–H groups in total. The number of nitrogens with zero attached hydrogens (tertiary/aromatic N) is 5. The molecular formula is C23H21BrN6O2. The van der Waals surface area contributed by atoms with Gasteiger partial charge in [0.05, 0.1) is 12.1 Å². The van der Waals surface area contributed by atoms with Gasteiger partial charge >= 0.3 is 0 Å². The van der Waals surface area contributed by atoms with Crippen molar-refractivity contribution < 1.29 is 4.79 Å². The maximum atomic E-state index is 13.1. The molecule has 9 heteroatoms. The normalized spacial score (nSPS) is 16.4. The minimum absolute atomic E-state index is 0.0265. The molecule has 0 bridgehead atoms. The SMILES string of the molecule is O=C(c1ccccc1Br)N1CCC[C@@H](c2nc3c(nnn3Cc3ccccc3)c(=O)[nH]2)C1. The number of H-pyrrole nitrogens is 1. The smallest absolute Gasteiger partial charge is 0.281 e. The predicted octanol–water partition coefficient (Wildman–Crippen LogP) is 3.35. The summed E-state index contributed by atoms with van der Waals surface area (Å²) in [6, 6.07) is 17.3. The fourth-order valence-corrected chi connectivity index (χ4v) is 4.58. The van der Waals surface area contributed by atoms with E-state index in [-0.39, 0.29) is 22.9 Å². The largest absolute Gasteiger partial charge is 0.338 e. The molecule has 8 nitrogen and oxygen atoms in total. The van der Waals surface area contributed by atoms with E-state index in [1.54, 1.807) is 4.68 Å². The quantitative estimate of drug-likeness (QED) is 0.471. The van der Waals surface area contributed by atoms with E-state index in [1.807, 2.05) is 59.5 Å². The molecule has 2 aromatic carbocycles. The van der Waals surface area contributed by atoms with E-state index < -0.39 is 0 Å². The molecule has 1 aliphatic rings. The van der Waals surface area contributed by atoms with Crippen LogP contribution in [0.3, 0.4) is 0 Å². The Morgan fingerprint density at radius 1 is 1.12 bits per heavy atom. The molecule has 32 heavy (non-hydrogen) atoms. The summed E-state index contributed by atoms with van der Waals surface area (Å²) in [7, 11) is 0. The number of likely N-dealkylation sites (tertiary alicyclic amines) is 1. The highest BCUT2D eigenvalue weighted by Gasteiger charge is 2.28. The third-order valence-corrected chi connectivity index (χ3v) is 6.46. The number of hydrogen-bond acceptors (Lipinski definition) is 5. The Morgan fingerprint density at radius 2 is 1.91 bits per heavy atom. The van der Waals surface area contributed by atoms with E-state index in [0.717, 1.165) is 22.9 Å². The number of carbonyl (C=O) groups is 1. The van der Waals surface area contributed by atoms with Gasteiger partial charge in [-0.3, -0.25) is 9.59 Å². The van der Waals surface area contributed by atoms with Crippen molar-refractivity contribution in [3.8, 4) is 0 Å². The van der Waals surface area contributed by atoms with Crippen LogP contribution >= 0.6 is 15.9 Å². The molecule has 1 fully saturated rings. The highest BCUT2D eigenvalue weighted by molar-refractivity contribution is 9.10. The first-order chi connectivity index (χ1) is 15.6. The molecule has 0 spiro atoms. The summed E-state index contributed by atoms with van der Waals surface area (Å²) in [5.74, 6) is 0.484. The summed E-state index contributed by atoms with van der Waals surface area (Å²) >= 11 is 3.47. The monoisotopic (exact) mass is 492 g/mol. The van der Waals surface area contributed by atoms with Gasteiger partial charge in [0.25, 0.3) is 11.5 Å². The van der Waals surface area contributed by atoms with Gasteiger partial charge in [0.2, 0.25) is 0 Å². The van der Waals surface area contributed by atoms with Crippen LogP contribution < -0.4 is 5.56 Å². The number of fused-ring (bicyclic) bond motifs is 1. The molecule has 0 radical (unpaired) electrons. The number of piperidine rings is 1. The van der Waals surface area contributed by atoms with Crippen molar-refractivity contribution in [2.24, 2.45) is 0 Å². The van der Waals surface area contributed by atoms with E-state index in [0.29, 0.717) is 36.7 Å². The fourth-order valence-electron chi connectivity index (χ4n) is 4.13. The van der Waals surface area contributed by atoms with Gasteiger partial charge in [-0.1, -0.05) is 47.7 Å². The average Bonchev–Trinajstić information content (AvgIpc) is 3.23. The van der Waals surface area contributed by atoms with E-state index >= 15 is 0 Å². The van der Waals surface area contributed by atoms with Crippen LogP contribution in [0.25, 0.3) is 11.2 Å². The maximum Gasteiger partial charge on any atom is 0.281 e. The third-order valence-electron chi connectivity index (χ3n) is 5.77. The number of nitrogens with one attached hydrogen (secondary N) is 1. The minimum atomic E-state index is -0.307. The maximum absolute atomic E-state index is 13.1. The van der Waals surface area contributed by atoms with Crippen LogP contribution in [0.2, 0.25) is 0 Å². The molecular weight excluding hydrogens is 472 g/mol. The Morgan fingerprint density at radius 3 is 2.72 bits per heavy atom.